The van der Waals surface area contributed by atoms with E-state index in [9.17, 15) is 30.0 Å². The minimum atomic E-state index is -1.59. The molecule has 5 N–H and O–H groups in total. The first-order chi connectivity index (χ1) is 11.7. The third-order valence-corrected chi connectivity index (χ3v) is 4.69. The molecule has 0 unspecified atom stereocenters. The van der Waals surface area contributed by atoms with Crippen molar-refractivity contribution in [3.05, 3.63) is 15.9 Å². The van der Waals surface area contributed by atoms with Gasteiger partial charge in [-0.2, -0.15) is 0 Å². The van der Waals surface area contributed by atoms with Crippen LogP contribution in [0.1, 0.15) is 17.3 Å². The number of aliphatic hydroxyl groups is 4. The summed E-state index contributed by atoms with van der Waals surface area (Å²) in [5.41, 5.74) is -0.795. The molecule has 0 radical (unpaired) electrons. The SMILES string of the molecule is CSc1nc(N[C@@H]2O[C@@H](CO)[C@@H](O)[C@@H](O)[C@H]2O)c(C(C)=O)c(=O)n1C. The second kappa shape index (κ2) is 7.81. The van der Waals surface area contributed by atoms with Crippen LogP contribution in [-0.4, -0.2) is 79.3 Å². The molecule has 0 saturated carbocycles. The minimum absolute atomic E-state index is 0.107. The normalized spacial score (nSPS) is 29.5. The Labute approximate surface area is 147 Å². The lowest BCUT2D eigenvalue weighted by atomic mass is 9.98. The number of nitrogens with one attached hydrogen (secondary N) is 1. The molecule has 1 saturated heterocycles. The van der Waals surface area contributed by atoms with E-state index in [0.717, 1.165) is 0 Å². The molecule has 2 heterocycles. The van der Waals surface area contributed by atoms with Gasteiger partial charge in [0.2, 0.25) is 0 Å². The molecule has 25 heavy (non-hydrogen) atoms. The van der Waals surface area contributed by atoms with Crippen LogP contribution in [0.3, 0.4) is 0 Å². The molecule has 1 aliphatic heterocycles. The van der Waals surface area contributed by atoms with Gasteiger partial charge in [0.15, 0.2) is 17.2 Å². The van der Waals surface area contributed by atoms with Crippen molar-refractivity contribution < 1.29 is 30.0 Å². The van der Waals surface area contributed by atoms with Gasteiger partial charge in [-0.3, -0.25) is 14.2 Å². The molecular weight excluding hydrogens is 354 g/mol. The number of hydrogen-bond acceptors (Lipinski definition) is 10. The first-order valence-electron chi connectivity index (χ1n) is 7.45. The summed E-state index contributed by atoms with van der Waals surface area (Å²) in [6.45, 7) is 0.610. The van der Waals surface area contributed by atoms with Crippen molar-refractivity contribution >= 4 is 23.4 Å². The Balaban J connectivity index is 2.43. The summed E-state index contributed by atoms with van der Waals surface area (Å²) in [5.74, 6) is -0.642. The number of Topliss-reactive ketones (excluding diaryl/α,β-unsaturated/α-hetero) is 1. The number of nitrogens with zero attached hydrogens (tertiary/aromatic N) is 2. The van der Waals surface area contributed by atoms with Crippen molar-refractivity contribution in [2.75, 3.05) is 18.2 Å². The highest BCUT2D eigenvalue weighted by atomic mass is 32.2. The number of carbonyl (C=O) groups excluding carboxylic acids is 1. The van der Waals surface area contributed by atoms with Crippen LogP contribution >= 0.6 is 11.8 Å². The van der Waals surface area contributed by atoms with Crippen LogP contribution in [0, 0.1) is 0 Å². The third kappa shape index (κ3) is 3.71. The zero-order valence-electron chi connectivity index (χ0n) is 13.9. The van der Waals surface area contributed by atoms with E-state index in [4.69, 9.17) is 4.74 Å². The van der Waals surface area contributed by atoms with E-state index in [-0.39, 0.29) is 11.4 Å². The molecule has 0 bridgehead atoms. The lowest BCUT2D eigenvalue weighted by Crippen LogP contribution is -2.60. The lowest BCUT2D eigenvalue weighted by Gasteiger charge is -2.40. The zero-order chi connectivity index (χ0) is 18.9. The standard InChI is InChI=1S/C14H21N3O7S/c1-5(19)7-11(16-14(25-3)17(2)13(7)23)15-12-10(22)9(21)8(20)6(4-18)24-12/h6,8-10,12,15,18,20-22H,4H2,1-3H3/t6-,8+,9+,10+,12+/m0/s1. The highest BCUT2D eigenvalue weighted by molar-refractivity contribution is 7.98. The van der Waals surface area contributed by atoms with E-state index in [1.54, 1.807) is 6.26 Å². The van der Waals surface area contributed by atoms with Crippen LogP contribution in [-0.2, 0) is 11.8 Å². The number of aromatic nitrogens is 2. The number of rotatable bonds is 5. The molecule has 0 aromatic carbocycles. The van der Waals surface area contributed by atoms with Crippen LogP contribution in [0.25, 0.3) is 0 Å². The van der Waals surface area contributed by atoms with E-state index in [0.29, 0.717) is 5.16 Å². The molecule has 10 nitrogen and oxygen atoms in total. The van der Waals surface area contributed by atoms with Gasteiger partial charge in [0, 0.05) is 7.05 Å². The number of aliphatic hydroxyl groups excluding tert-OH is 4. The van der Waals surface area contributed by atoms with E-state index in [1.807, 2.05) is 0 Å². The van der Waals surface area contributed by atoms with Crippen LogP contribution < -0.4 is 10.9 Å². The quantitative estimate of drug-likeness (QED) is 0.220. The Kier molecular flexibility index (Phi) is 6.19. The second-order valence-corrected chi connectivity index (χ2v) is 6.41. The summed E-state index contributed by atoms with van der Waals surface area (Å²) in [6, 6.07) is 0. The number of anilines is 1. The summed E-state index contributed by atoms with van der Waals surface area (Å²) in [4.78, 5) is 28.4. The van der Waals surface area contributed by atoms with Gasteiger partial charge in [-0.15, -0.1) is 0 Å². The molecule has 140 valence electrons. The predicted molar refractivity (Wildman–Crippen MR) is 88.7 cm³/mol. The largest absolute Gasteiger partial charge is 0.394 e. The van der Waals surface area contributed by atoms with Gasteiger partial charge in [0.25, 0.3) is 5.56 Å². The topological polar surface area (TPSA) is 154 Å². The maximum absolute atomic E-state index is 12.4. The first-order valence-corrected chi connectivity index (χ1v) is 8.68. The second-order valence-electron chi connectivity index (χ2n) is 5.64. The first kappa shape index (κ1) is 19.8. The van der Waals surface area contributed by atoms with Gasteiger partial charge >= 0.3 is 0 Å². The van der Waals surface area contributed by atoms with Crippen LogP contribution in [0.5, 0.6) is 0 Å². The highest BCUT2D eigenvalue weighted by Gasteiger charge is 2.44. The highest BCUT2D eigenvalue weighted by Crippen LogP contribution is 2.24. The lowest BCUT2D eigenvalue weighted by molar-refractivity contribution is -0.221. The maximum Gasteiger partial charge on any atom is 0.266 e. The minimum Gasteiger partial charge on any atom is -0.394 e. The molecule has 11 heteroatoms. The molecule has 1 fully saturated rings. The number of hydrogen-bond donors (Lipinski definition) is 5. The average molecular weight is 375 g/mol. The number of thioether (sulfide) groups is 1. The smallest absolute Gasteiger partial charge is 0.266 e. The van der Waals surface area contributed by atoms with Crippen molar-refractivity contribution in [3.8, 4) is 0 Å². The average Bonchev–Trinajstić information content (AvgIpc) is 2.57. The van der Waals surface area contributed by atoms with Gasteiger partial charge in [0.1, 0.15) is 35.8 Å². The Hall–Kier alpha value is -1.50. The number of ether oxygens (including phenoxy) is 1. The molecule has 2 rings (SSSR count). The molecule has 1 aliphatic rings. The molecule has 5 atom stereocenters. The van der Waals surface area contributed by atoms with E-state index in [1.165, 1.54) is 30.3 Å². The third-order valence-electron chi connectivity index (χ3n) is 3.96. The van der Waals surface area contributed by atoms with Crippen molar-refractivity contribution in [3.63, 3.8) is 0 Å². The Morgan fingerprint density at radius 1 is 1.32 bits per heavy atom. The van der Waals surface area contributed by atoms with Crippen LogP contribution in [0.2, 0.25) is 0 Å². The van der Waals surface area contributed by atoms with Gasteiger partial charge in [-0.25, -0.2) is 4.98 Å². The molecule has 0 aliphatic carbocycles. The number of carbonyl (C=O) groups is 1. The zero-order valence-corrected chi connectivity index (χ0v) is 14.7. The summed E-state index contributed by atoms with van der Waals surface area (Å²) in [7, 11) is 1.48. The monoisotopic (exact) mass is 375 g/mol. The maximum atomic E-state index is 12.4. The predicted octanol–water partition coefficient (Wildman–Crippen LogP) is -2.08. The van der Waals surface area contributed by atoms with Crippen LogP contribution in [0.4, 0.5) is 5.82 Å². The summed E-state index contributed by atoms with van der Waals surface area (Å²) in [6.07, 6.45) is -5.38. The Bertz CT molecular complexity index is 708. The van der Waals surface area contributed by atoms with Crippen molar-refractivity contribution in [1.29, 1.82) is 0 Å². The fourth-order valence-corrected chi connectivity index (χ4v) is 3.08. The van der Waals surface area contributed by atoms with E-state index >= 15 is 0 Å². The van der Waals surface area contributed by atoms with Gasteiger partial charge < -0.3 is 30.5 Å². The molecule has 0 spiro atoms. The van der Waals surface area contributed by atoms with Crippen LogP contribution in [0.15, 0.2) is 9.95 Å². The summed E-state index contributed by atoms with van der Waals surface area (Å²) < 4.78 is 6.55. The Morgan fingerprint density at radius 2 is 1.96 bits per heavy atom. The molecular formula is C14H21N3O7S. The van der Waals surface area contributed by atoms with Gasteiger partial charge in [0.05, 0.1) is 6.61 Å². The van der Waals surface area contributed by atoms with Gasteiger partial charge in [-0.05, 0) is 13.2 Å². The number of ketones is 1. The van der Waals surface area contributed by atoms with E-state index in [2.05, 4.69) is 10.3 Å². The molecule has 1 aromatic heterocycles. The van der Waals surface area contributed by atoms with Crippen molar-refractivity contribution in [2.45, 2.75) is 42.7 Å². The fourth-order valence-electron chi connectivity index (χ4n) is 2.54. The van der Waals surface area contributed by atoms with Crippen molar-refractivity contribution in [1.82, 2.24) is 9.55 Å². The summed E-state index contributed by atoms with van der Waals surface area (Å²) in [5, 5.41) is 41.9. The Morgan fingerprint density at radius 3 is 2.48 bits per heavy atom. The van der Waals surface area contributed by atoms with E-state index < -0.39 is 48.6 Å². The summed E-state index contributed by atoms with van der Waals surface area (Å²) >= 11 is 1.18. The molecule has 1 aromatic rings. The van der Waals surface area contributed by atoms with Crippen molar-refractivity contribution in [2.24, 2.45) is 7.05 Å². The van der Waals surface area contributed by atoms with Gasteiger partial charge in [-0.1, -0.05) is 11.8 Å². The molecule has 0 amide bonds. The fraction of sp³-hybridized carbons (Fsp3) is 0.643.